The van der Waals surface area contributed by atoms with E-state index in [4.69, 9.17) is 4.74 Å². The van der Waals surface area contributed by atoms with Gasteiger partial charge in [-0.05, 0) is 32.2 Å². The second-order valence-corrected chi connectivity index (χ2v) is 5.92. The SMILES string of the molecule is COCCN(CC1CCCN1)C(=O)N1CCCCCC1. The van der Waals surface area contributed by atoms with Crippen molar-refractivity contribution in [1.82, 2.24) is 15.1 Å². The lowest BCUT2D eigenvalue weighted by Gasteiger charge is -2.31. The van der Waals surface area contributed by atoms with Gasteiger partial charge in [0.1, 0.15) is 0 Å². The quantitative estimate of drug-likeness (QED) is 0.835. The largest absolute Gasteiger partial charge is 0.383 e. The van der Waals surface area contributed by atoms with Crippen molar-refractivity contribution in [2.45, 2.75) is 44.6 Å². The molecule has 2 fully saturated rings. The second kappa shape index (κ2) is 8.47. The first-order valence-electron chi connectivity index (χ1n) is 8.07. The molecular weight excluding hydrogens is 254 g/mol. The van der Waals surface area contributed by atoms with Gasteiger partial charge in [-0.15, -0.1) is 0 Å². The van der Waals surface area contributed by atoms with E-state index in [0.717, 1.165) is 39.0 Å². The van der Waals surface area contributed by atoms with Crippen LogP contribution < -0.4 is 5.32 Å². The highest BCUT2D eigenvalue weighted by atomic mass is 16.5. The second-order valence-electron chi connectivity index (χ2n) is 5.92. The fraction of sp³-hybridized carbons (Fsp3) is 0.933. The molecule has 2 amide bonds. The molecule has 0 aromatic carbocycles. The Morgan fingerprint density at radius 2 is 2.00 bits per heavy atom. The number of methoxy groups -OCH3 is 1. The van der Waals surface area contributed by atoms with Crippen LogP contribution in [-0.2, 0) is 4.74 Å². The summed E-state index contributed by atoms with van der Waals surface area (Å²) in [5, 5.41) is 3.48. The van der Waals surface area contributed by atoms with Crippen molar-refractivity contribution >= 4 is 6.03 Å². The highest BCUT2D eigenvalue weighted by Crippen LogP contribution is 2.13. The molecule has 2 aliphatic rings. The van der Waals surface area contributed by atoms with Gasteiger partial charge in [-0.25, -0.2) is 4.79 Å². The first kappa shape index (κ1) is 15.6. The summed E-state index contributed by atoms with van der Waals surface area (Å²) in [6.07, 6.45) is 7.20. The van der Waals surface area contributed by atoms with Gasteiger partial charge in [-0.3, -0.25) is 0 Å². The van der Waals surface area contributed by atoms with Crippen LogP contribution >= 0.6 is 0 Å². The van der Waals surface area contributed by atoms with Gasteiger partial charge in [0, 0.05) is 39.3 Å². The molecule has 1 N–H and O–H groups in total. The average molecular weight is 283 g/mol. The van der Waals surface area contributed by atoms with Gasteiger partial charge in [0.15, 0.2) is 0 Å². The zero-order valence-electron chi connectivity index (χ0n) is 12.8. The van der Waals surface area contributed by atoms with E-state index >= 15 is 0 Å². The standard InChI is InChI=1S/C15H29N3O2/c1-20-12-11-18(13-14-7-6-8-16-14)15(19)17-9-4-2-3-5-10-17/h14,16H,2-13H2,1H3. The Balaban J connectivity index is 1.90. The molecule has 0 saturated carbocycles. The molecule has 0 spiro atoms. The minimum absolute atomic E-state index is 0.206. The summed E-state index contributed by atoms with van der Waals surface area (Å²) in [5.41, 5.74) is 0. The Labute approximate surface area is 122 Å². The average Bonchev–Trinajstić information content (AvgIpc) is 2.82. The monoisotopic (exact) mass is 283 g/mol. The summed E-state index contributed by atoms with van der Waals surface area (Å²) in [5.74, 6) is 0. The van der Waals surface area contributed by atoms with Crippen LogP contribution in [0.5, 0.6) is 0 Å². The first-order chi connectivity index (χ1) is 9.81. The first-order valence-corrected chi connectivity index (χ1v) is 8.07. The van der Waals surface area contributed by atoms with Gasteiger partial charge in [0.25, 0.3) is 0 Å². The number of hydrogen-bond donors (Lipinski definition) is 1. The smallest absolute Gasteiger partial charge is 0.320 e. The van der Waals surface area contributed by atoms with Crippen molar-refractivity contribution in [3.63, 3.8) is 0 Å². The van der Waals surface area contributed by atoms with Crippen molar-refractivity contribution in [2.24, 2.45) is 0 Å². The number of carbonyl (C=O) groups is 1. The van der Waals surface area contributed by atoms with Crippen LogP contribution in [0, 0.1) is 0 Å². The number of ether oxygens (including phenoxy) is 1. The molecule has 5 heteroatoms. The molecular formula is C15H29N3O2. The molecule has 1 atom stereocenters. The zero-order chi connectivity index (χ0) is 14.2. The van der Waals surface area contributed by atoms with Gasteiger partial charge in [0.2, 0.25) is 0 Å². The third-order valence-electron chi connectivity index (χ3n) is 4.32. The predicted octanol–water partition coefficient (Wildman–Crippen LogP) is 1.68. The normalized spacial score (nSPS) is 23.6. The molecule has 2 heterocycles. The molecule has 1 unspecified atom stereocenters. The maximum atomic E-state index is 12.7. The van der Waals surface area contributed by atoms with Crippen molar-refractivity contribution < 1.29 is 9.53 Å². The van der Waals surface area contributed by atoms with Gasteiger partial charge < -0.3 is 19.9 Å². The minimum atomic E-state index is 0.206. The lowest BCUT2D eigenvalue weighted by molar-refractivity contribution is 0.122. The third-order valence-corrected chi connectivity index (χ3v) is 4.32. The van der Waals surface area contributed by atoms with E-state index in [1.807, 2.05) is 9.80 Å². The number of urea groups is 1. The number of nitrogens with one attached hydrogen (secondary N) is 1. The van der Waals surface area contributed by atoms with Gasteiger partial charge in [-0.2, -0.15) is 0 Å². The Bertz CT molecular complexity index is 285. The minimum Gasteiger partial charge on any atom is -0.383 e. The summed E-state index contributed by atoms with van der Waals surface area (Å²) >= 11 is 0. The molecule has 0 aliphatic carbocycles. The lowest BCUT2D eigenvalue weighted by atomic mass is 10.2. The molecule has 0 aromatic heterocycles. The van der Waals surface area contributed by atoms with Crippen LogP contribution in [0.2, 0.25) is 0 Å². The molecule has 5 nitrogen and oxygen atoms in total. The van der Waals surface area contributed by atoms with Gasteiger partial charge in [-0.1, -0.05) is 12.8 Å². The van der Waals surface area contributed by atoms with Crippen molar-refractivity contribution in [1.29, 1.82) is 0 Å². The summed E-state index contributed by atoms with van der Waals surface area (Å²) < 4.78 is 5.17. The van der Waals surface area contributed by atoms with E-state index in [0.29, 0.717) is 19.2 Å². The number of hydrogen-bond acceptors (Lipinski definition) is 3. The highest BCUT2D eigenvalue weighted by molar-refractivity contribution is 5.74. The summed E-state index contributed by atoms with van der Waals surface area (Å²) in [4.78, 5) is 16.7. The van der Waals surface area contributed by atoms with Crippen molar-refractivity contribution in [3.8, 4) is 0 Å². The van der Waals surface area contributed by atoms with Gasteiger partial charge in [0.05, 0.1) is 6.61 Å². The van der Waals surface area contributed by atoms with E-state index in [1.54, 1.807) is 7.11 Å². The van der Waals surface area contributed by atoms with Gasteiger partial charge >= 0.3 is 6.03 Å². The summed E-state index contributed by atoms with van der Waals surface area (Å²) in [7, 11) is 1.70. The Kier molecular flexibility index (Phi) is 6.60. The van der Waals surface area contributed by atoms with Crippen molar-refractivity contribution in [3.05, 3.63) is 0 Å². The fourth-order valence-electron chi connectivity index (χ4n) is 3.11. The highest BCUT2D eigenvalue weighted by Gasteiger charge is 2.25. The van der Waals surface area contributed by atoms with Crippen LogP contribution in [0.25, 0.3) is 0 Å². The Morgan fingerprint density at radius 1 is 1.25 bits per heavy atom. The third kappa shape index (κ3) is 4.63. The Hall–Kier alpha value is -0.810. The zero-order valence-corrected chi connectivity index (χ0v) is 12.8. The number of amides is 2. The molecule has 116 valence electrons. The van der Waals surface area contributed by atoms with Crippen LogP contribution in [0.15, 0.2) is 0 Å². The molecule has 0 aromatic rings. The molecule has 0 bridgehead atoms. The number of rotatable bonds is 5. The number of likely N-dealkylation sites (tertiary alicyclic amines) is 1. The Morgan fingerprint density at radius 3 is 2.60 bits per heavy atom. The molecule has 2 saturated heterocycles. The van der Waals surface area contributed by atoms with E-state index in [1.165, 1.54) is 25.7 Å². The van der Waals surface area contributed by atoms with Crippen molar-refractivity contribution in [2.75, 3.05) is 46.4 Å². The fourth-order valence-corrected chi connectivity index (χ4v) is 3.11. The van der Waals surface area contributed by atoms with Crippen LogP contribution in [0.3, 0.4) is 0 Å². The predicted molar refractivity (Wildman–Crippen MR) is 79.9 cm³/mol. The molecule has 20 heavy (non-hydrogen) atoms. The van der Waals surface area contributed by atoms with E-state index < -0.39 is 0 Å². The lowest BCUT2D eigenvalue weighted by Crippen LogP contribution is -2.49. The maximum absolute atomic E-state index is 12.7. The number of carbonyl (C=O) groups excluding carboxylic acids is 1. The van der Waals surface area contributed by atoms with Crippen LogP contribution in [-0.4, -0.2) is 68.3 Å². The topological polar surface area (TPSA) is 44.8 Å². The summed E-state index contributed by atoms with van der Waals surface area (Å²) in [6.45, 7) is 5.05. The van der Waals surface area contributed by atoms with E-state index in [2.05, 4.69) is 5.32 Å². The van der Waals surface area contributed by atoms with Crippen LogP contribution in [0.4, 0.5) is 4.79 Å². The number of nitrogens with zero attached hydrogens (tertiary/aromatic N) is 2. The molecule has 2 rings (SSSR count). The van der Waals surface area contributed by atoms with E-state index in [9.17, 15) is 4.79 Å². The molecule has 0 radical (unpaired) electrons. The van der Waals surface area contributed by atoms with Crippen LogP contribution in [0.1, 0.15) is 38.5 Å². The molecule has 2 aliphatic heterocycles. The summed E-state index contributed by atoms with van der Waals surface area (Å²) in [6, 6.07) is 0.667. The van der Waals surface area contributed by atoms with E-state index in [-0.39, 0.29) is 6.03 Å². The maximum Gasteiger partial charge on any atom is 0.320 e.